The first-order valence-electron chi connectivity index (χ1n) is 5.92. The molecule has 0 fully saturated rings. The standard InChI is InChI=1S/C12H17BF3O3.K/c1-9(6-7-17-2)19-12-5-4-10(18-3)8-11(12)13(14,15)16;/h4-5,8-9H,6-7H2,1-3H3;/q-1;+1. The van der Waals surface area contributed by atoms with Crippen LogP contribution < -0.4 is 66.3 Å². The van der Waals surface area contributed by atoms with Crippen LogP contribution in [0.4, 0.5) is 12.9 Å². The zero-order chi connectivity index (χ0) is 14.5. The van der Waals surface area contributed by atoms with Crippen molar-refractivity contribution in [3.05, 3.63) is 18.2 Å². The van der Waals surface area contributed by atoms with Gasteiger partial charge in [0, 0.05) is 20.1 Å². The first kappa shape index (κ1) is 20.3. The van der Waals surface area contributed by atoms with Gasteiger partial charge in [-0.05, 0) is 25.1 Å². The molecule has 0 aromatic heterocycles. The fourth-order valence-corrected chi connectivity index (χ4v) is 1.58. The second-order valence-electron chi connectivity index (χ2n) is 4.19. The molecule has 0 saturated heterocycles. The summed E-state index contributed by atoms with van der Waals surface area (Å²) in [5.74, 6) is -0.0111. The van der Waals surface area contributed by atoms with Crippen molar-refractivity contribution in [1.29, 1.82) is 0 Å². The quantitative estimate of drug-likeness (QED) is 0.638. The molecule has 3 nitrogen and oxygen atoms in total. The van der Waals surface area contributed by atoms with Crippen molar-refractivity contribution in [2.24, 2.45) is 0 Å². The SMILES string of the molecule is COCCC(C)Oc1ccc(OC)cc1[B-](F)(F)F.[K+]. The van der Waals surface area contributed by atoms with Gasteiger partial charge in [0.15, 0.2) is 0 Å². The van der Waals surface area contributed by atoms with Gasteiger partial charge >= 0.3 is 58.4 Å². The van der Waals surface area contributed by atoms with Gasteiger partial charge < -0.3 is 27.2 Å². The minimum atomic E-state index is -5.15. The van der Waals surface area contributed by atoms with Crippen LogP contribution in [0, 0.1) is 0 Å². The fourth-order valence-electron chi connectivity index (χ4n) is 1.58. The van der Waals surface area contributed by atoms with Gasteiger partial charge in [-0.1, -0.05) is 5.46 Å². The molecule has 1 aromatic carbocycles. The maximum Gasteiger partial charge on any atom is 1.00 e. The van der Waals surface area contributed by atoms with Crippen LogP contribution in [0.5, 0.6) is 11.5 Å². The van der Waals surface area contributed by atoms with Crippen LogP contribution in [0.2, 0.25) is 0 Å². The summed E-state index contributed by atoms with van der Waals surface area (Å²) < 4.78 is 53.9. The van der Waals surface area contributed by atoms with E-state index >= 15 is 0 Å². The Morgan fingerprint density at radius 3 is 2.35 bits per heavy atom. The second kappa shape index (κ2) is 9.32. The molecule has 1 rings (SSSR count). The third-order valence-corrected chi connectivity index (χ3v) is 2.63. The van der Waals surface area contributed by atoms with E-state index in [0.717, 1.165) is 6.07 Å². The monoisotopic (exact) mass is 316 g/mol. The predicted molar refractivity (Wildman–Crippen MR) is 68.3 cm³/mol. The summed E-state index contributed by atoms with van der Waals surface area (Å²) >= 11 is 0. The normalized spacial score (nSPS) is 12.5. The van der Waals surface area contributed by atoms with Gasteiger partial charge in [0.25, 0.3) is 0 Å². The molecule has 0 aliphatic rings. The van der Waals surface area contributed by atoms with Crippen LogP contribution in [-0.4, -0.2) is 33.9 Å². The third-order valence-electron chi connectivity index (χ3n) is 2.63. The number of hydrogen-bond donors (Lipinski definition) is 0. The molecule has 0 amide bonds. The van der Waals surface area contributed by atoms with Crippen molar-refractivity contribution in [3.8, 4) is 11.5 Å². The third kappa shape index (κ3) is 6.36. The molecule has 0 aliphatic heterocycles. The van der Waals surface area contributed by atoms with Crippen molar-refractivity contribution in [2.45, 2.75) is 19.4 Å². The molecule has 0 heterocycles. The van der Waals surface area contributed by atoms with E-state index in [4.69, 9.17) is 14.2 Å². The molecule has 0 bridgehead atoms. The van der Waals surface area contributed by atoms with Crippen LogP contribution in [0.1, 0.15) is 13.3 Å². The van der Waals surface area contributed by atoms with E-state index in [-0.39, 0.29) is 69.0 Å². The molecule has 1 atom stereocenters. The number of methoxy groups -OCH3 is 2. The van der Waals surface area contributed by atoms with Crippen molar-refractivity contribution >= 4 is 12.4 Å². The Bertz CT molecular complexity index is 415. The van der Waals surface area contributed by atoms with Gasteiger partial charge in [0.05, 0.1) is 19.0 Å². The fraction of sp³-hybridized carbons (Fsp3) is 0.500. The molecule has 0 aliphatic carbocycles. The van der Waals surface area contributed by atoms with E-state index in [1.807, 2.05) is 0 Å². The zero-order valence-corrected chi connectivity index (χ0v) is 15.3. The molecule has 0 radical (unpaired) electrons. The van der Waals surface area contributed by atoms with E-state index in [1.165, 1.54) is 26.4 Å². The van der Waals surface area contributed by atoms with Gasteiger partial charge in [-0.15, -0.1) is 0 Å². The van der Waals surface area contributed by atoms with Crippen LogP contribution in [0.15, 0.2) is 18.2 Å². The molecule has 1 unspecified atom stereocenters. The summed E-state index contributed by atoms with van der Waals surface area (Å²) in [7, 11) is 2.86. The Kier molecular flexibility index (Phi) is 9.45. The Balaban J connectivity index is 0.00000361. The summed E-state index contributed by atoms with van der Waals surface area (Å²) in [5, 5.41) is 0. The van der Waals surface area contributed by atoms with Crippen molar-refractivity contribution < 1.29 is 78.5 Å². The Hall–Kier alpha value is 0.271. The van der Waals surface area contributed by atoms with Crippen LogP contribution in [0.25, 0.3) is 0 Å². The van der Waals surface area contributed by atoms with Crippen LogP contribution in [0.3, 0.4) is 0 Å². The van der Waals surface area contributed by atoms with E-state index in [0.29, 0.717) is 13.0 Å². The molecular weight excluding hydrogens is 299 g/mol. The predicted octanol–water partition coefficient (Wildman–Crippen LogP) is -0.443. The molecular formula is C12H17BF3KO3. The summed E-state index contributed by atoms with van der Waals surface area (Å²) in [6.45, 7) is -3.01. The molecule has 1 aromatic rings. The number of rotatable bonds is 7. The van der Waals surface area contributed by atoms with Gasteiger partial charge in [-0.2, -0.15) is 0 Å². The molecule has 0 N–H and O–H groups in total. The van der Waals surface area contributed by atoms with Crippen LogP contribution in [-0.2, 0) is 4.74 Å². The summed E-state index contributed by atoms with van der Waals surface area (Å²) in [5.41, 5.74) is -0.774. The number of hydrogen-bond acceptors (Lipinski definition) is 3. The number of benzene rings is 1. The van der Waals surface area contributed by atoms with Gasteiger partial charge in [0.2, 0.25) is 0 Å². The van der Waals surface area contributed by atoms with E-state index in [9.17, 15) is 12.9 Å². The summed E-state index contributed by atoms with van der Waals surface area (Å²) in [6.07, 6.45) is 0.164. The van der Waals surface area contributed by atoms with Crippen molar-refractivity contribution in [2.75, 3.05) is 20.8 Å². The maximum atomic E-state index is 13.0. The largest absolute Gasteiger partial charge is 1.00 e. The molecule has 20 heavy (non-hydrogen) atoms. The Morgan fingerprint density at radius 2 is 1.85 bits per heavy atom. The molecule has 0 spiro atoms. The van der Waals surface area contributed by atoms with E-state index in [2.05, 4.69) is 0 Å². The average molecular weight is 316 g/mol. The Labute approximate surface area is 159 Å². The second-order valence-corrected chi connectivity index (χ2v) is 4.19. The van der Waals surface area contributed by atoms with E-state index < -0.39 is 12.4 Å². The zero-order valence-electron chi connectivity index (χ0n) is 12.2. The first-order chi connectivity index (χ1) is 8.88. The smallest absolute Gasteiger partial charge is 0.497 e. The van der Waals surface area contributed by atoms with Gasteiger partial charge in [0.1, 0.15) is 5.75 Å². The van der Waals surface area contributed by atoms with E-state index in [1.54, 1.807) is 6.92 Å². The topological polar surface area (TPSA) is 27.7 Å². The maximum absolute atomic E-state index is 13.0. The van der Waals surface area contributed by atoms with Crippen molar-refractivity contribution in [3.63, 3.8) is 0 Å². The van der Waals surface area contributed by atoms with Gasteiger partial charge in [-0.3, -0.25) is 0 Å². The average Bonchev–Trinajstić information content (AvgIpc) is 2.35. The van der Waals surface area contributed by atoms with Crippen LogP contribution >= 0.6 is 0 Å². The Morgan fingerprint density at radius 1 is 1.20 bits per heavy atom. The van der Waals surface area contributed by atoms with Gasteiger partial charge in [-0.25, -0.2) is 0 Å². The number of halogens is 3. The first-order valence-corrected chi connectivity index (χ1v) is 5.92. The summed E-state index contributed by atoms with van der Waals surface area (Å²) in [4.78, 5) is 0. The van der Waals surface area contributed by atoms with Crippen molar-refractivity contribution in [1.82, 2.24) is 0 Å². The molecule has 8 heteroatoms. The molecule has 108 valence electrons. The minimum absolute atomic E-state index is 0. The minimum Gasteiger partial charge on any atom is -0.497 e. The molecule has 0 saturated carbocycles. The number of ether oxygens (including phenoxy) is 3. The summed E-state index contributed by atoms with van der Waals surface area (Å²) in [6, 6.07) is 3.69.